The maximum absolute atomic E-state index is 14.6. The summed E-state index contributed by atoms with van der Waals surface area (Å²) in [5.74, 6) is -0.611. The molecular formula is C34H30ClF3N8O5. The first-order valence-corrected chi connectivity index (χ1v) is 17.1. The molecule has 1 unspecified atom stereocenters. The van der Waals surface area contributed by atoms with Crippen LogP contribution in [-0.4, -0.2) is 76.8 Å². The smallest absolute Gasteiger partial charge is 0.416 e. The van der Waals surface area contributed by atoms with Crippen LogP contribution in [-0.2, 0) is 27.7 Å². The van der Waals surface area contributed by atoms with Gasteiger partial charge in [-0.3, -0.25) is 14.4 Å². The number of ether oxygens (including phenoxy) is 1. The standard InChI is InChI=1S/C34H30ClF3N8O5/c1-15-28(48)26(40-14-39-15)31(50)44-7-6-33(20-12-23(20)44)19-11-18(19)27-25(33)30(49)46-32(42-29(43-46)16-4-8-51-9-5-16)45(27)13-24(47)41-22-3-2-17(10-21(22)35)34(36,37)38/h2-4,10,14,18-20,23,48H,5-9,11-13H2,1H3,(H,41,47)/t18?,19-,20-,23+,33-/m1/s1. The quantitative estimate of drug-likeness (QED) is 0.310. The van der Waals surface area contributed by atoms with Crippen molar-refractivity contribution < 1.29 is 32.6 Å². The van der Waals surface area contributed by atoms with Crippen LogP contribution < -0.4 is 10.9 Å². The van der Waals surface area contributed by atoms with Gasteiger partial charge in [0.1, 0.15) is 12.9 Å². The number of aryl methyl sites for hydroxylation is 1. The Bertz CT molecular complexity index is 2290. The number of carbonyl (C=O) groups is 2. The second-order valence-corrected chi connectivity index (χ2v) is 14.3. The number of nitrogens with one attached hydrogen (secondary N) is 1. The molecule has 17 heteroatoms. The molecular weight excluding hydrogens is 693 g/mol. The molecule has 13 nitrogen and oxygen atoms in total. The minimum atomic E-state index is -4.60. The van der Waals surface area contributed by atoms with E-state index in [1.54, 1.807) is 16.4 Å². The van der Waals surface area contributed by atoms with Gasteiger partial charge in [-0.25, -0.2) is 9.97 Å². The fourth-order valence-electron chi connectivity index (χ4n) is 8.81. The van der Waals surface area contributed by atoms with Gasteiger partial charge in [0.25, 0.3) is 11.5 Å². The van der Waals surface area contributed by atoms with Crippen LogP contribution in [0.3, 0.4) is 0 Å². The van der Waals surface area contributed by atoms with Gasteiger partial charge in [0, 0.05) is 35.2 Å². The number of halogens is 4. The molecule has 2 amide bonds. The van der Waals surface area contributed by atoms with Gasteiger partial charge in [0.15, 0.2) is 17.3 Å². The number of alkyl halides is 3. The minimum Gasteiger partial charge on any atom is -0.504 e. The van der Waals surface area contributed by atoms with Gasteiger partial charge in [0.05, 0.1) is 35.2 Å². The van der Waals surface area contributed by atoms with Crippen molar-refractivity contribution in [1.82, 2.24) is 34.0 Å². The van der Waals surface area contributed by atoms with Crippen molar-refractivity contribution >= 4 is 40.5 Å². The first-order chi connectivity index (χ1) is 24.4. The predicted octanol–water partition coefficient (Wildman–Crippen LogP) is 4.10. The Labute approximate surface area is 292 Å². The average Bonchev–Trinajstić information content (AvgIpc) is 4.02. The van der Waals surface area contributed by atoms with E-state index in [0.717, 1.165) is 30.2 Å². The molecule has 1 saturated heterocycles. The van der Waals surface area contributed by atoms with Gasteiger partial charge >= 0.3 is 6.18 Å². The maximum atomic E-state index is 14.6. The summed E-state index contributed by atoms with van der Waals surface area (Å²) < 4.78 is 48.2. The highest BCUT2D eigenvalue weighted by Crippen LogP contribution is 2.73. The topological polar surface area (TPSA) is 157 Å². The number of fused-ring (bicyclic) bond motifs is 8. The lowest BCUT2D eigenvalue weighted by Crippen LogP contribution is -2.49. The first kappa shape index (κ1) is 32.1. The second kappa shape index (κ2) is 11.1. The number of hydrogen-bond acceptors (Lipinski definition) is 9. The second-order valence-electron chi connectivity index (χ2n) is 13.9. The molecule has 0 bridgehead atoms. The molecule has 5 heterocycles. The van der Waals surface area contributed by atoms with Gasteiger partial charge < -0.3 is 24.6 Å². The van der Waals surface area contributed by atoms with E-state index in [2.05, 4.69) is 20.4 Å². The van der Waals surface area contributed by atoms with E-state index in [9.17, 15) is 32.7 Å². The van der Waals surface area contributed by atoms with E-state index in [1.165, 1.54) is 10.8 Å². The lowest BCUT2D eigenvalue weighted by Gasteiger charge is -2.40. The van der Waals surface area contributed by atoms with Gasteiger partial charge in [-0.15, -0.1) is 5.10 Å². The zero-order valence-corrected chi connectivity index (χ0v) is 27.8. The van der Waals surface area contributed by atoms with Crippen LogP contribution in [0.15, 0.2) is 35.4 Å². The van der Waals surface area contributed by atoms with Crippen molar-refractivity contribution in [3.8, 4) is 5.75 Å². The Morgan fingerprint density at radius 3 is 2.76 bits per heavy atom. The van der Waals surface area contributed by atoms with Gasteiger partial charge in [-0.1, -0.05) is 17.7 Å². The Morgan fingerprint density at radius 1 is 1.20 bits per heavy atom. The normalized spacial score (nSPS) is 26.1. The highest BCUT2D eigenvalue weighted by molar-refractivity contribution is 6.33. The van der Waals surface area contributed by atoms with Crippen LogP contribution in [0.2, 0.25) is 5.02 Å². The summed E-state index contributed by atoms with van der Waals surface area (Å²) in [5.41, 5.74) is 0.554. The minimum absolute atomic E-state index is 0.0152. The molecule has 2 saturated carbocycles. The lowest BCUT2D eigenvalue weighted by molar-refractivity contribution is -0.137. The molecule has 9 rings (SSSR count). The molecule has 1 spiro atoms. The van der Waals surface area contributed by atoms with Crippen molar-refractivity contribution in [2.45, 2.75) is 62.7 Å². The van der Waals surface area contributed by atoms with Gasteiger partial charge in [0.2, 0.25) is 11.7 Å². The van der Waals surface area contributed by atoms with E-state index in [4.69, 9.17) is 21.3 Å². The molecule has 5 aliphatic rings. The number of piperidine rings is 1. The Kier molecular flexibility index (Phi) is 6.98. The summed E-state index contributed by atoms with van der Waals surface area (Å²) in [5, 5.41) is 17.6. The molecule has 3 fully saturated rings. The van der Waals surface area contributed by atoms with Crippen molar-refractivity contribution in [2.24, 2.45) is 11.8 Å². The Balaban J connectivity index is 1.11. The molecule has 2 N–H and O–H groups in total. The molecule has 264 valence electrons. The molecule has 5 atom stereocenters. The number of amides is 2. The van der Waals surface area contributed by atoms with Crippen molar-refractivity contribution in [3.05, 3.63) is 80.0 Å². The number of anilines is 1. The molecule has 3 aromatic heterocycles. The predicted molar refractivity (Wildman–Crippen MR) is 174 cm³/mol. The summed E-state index contributed by atoms with van der Waals surface area (Å²) in [6.07, 6.45) is 1.01. The lowest BCUT2D eigenvalue weighted by atomic mass is 9.70. The third kappa shape index (κ3) is 4.82. The fourth-order valence-corrected chi connectivity index (χ4v) is 9.04. The maximum Gasteiger partial charge on any atom is 0.416 e. The molecule has 4 aromatic rings. The number of hydrogen-bond donors (Lipinski definition) is 2. The van der Waals surface area contributed by atoms with E-state index >= 15 is 0 Å². The number of carbonyl (C=O) groups excluding carboxylic acids is 2. The zero-order chi connectivity index (χ0) is 35.6. The van der Waals surface area contributed by atoms with E-state index in [0.29, 0.717) is 61.8 Å². The highest BCUT2D eigenvalue weighted by atomic mass is 35.5. The third-order valence-electron chi connectivity index (χ3n) is 11.2. The van der Waals surface area contributed by atoms with Crippen molar-refractivity contribution in [2.75, 3.05) is 25.1 Å². The fraction of sp³-hybridized carbons (Fsp3) is 0.441. The molecule has 1 aromatic carbocycles. The highest BCUT2D eigenvalue weighted by Gasteiger charge is 2.73. The summed E-state index contributed by atoms with van der Waals surface area (Å²) in [6, 6.07) is 2.55. The number of nitrogens with zero attached hydrogens (tertiary/aromatic N) is 7. The number of likely N-dealkylation sites (tertiary alicyclic amines) is 1. The Morgan fingerprint density at radius 2 is 2.02 bits per heavy atom. The number of benzene rings is 1. The van der Waals surface area contributed by atoms with Crippen LogP contribution >= 0.6 is 11.6 Å². The largest absolute Gasteiger partial charge is 0.504 e. The van der Waals surface area contributed by atoms with Gasteiger partial charge in [-0.05, 0) is 68.2 Å². The molecule has 0 radical (unpaired) electrons. The summed E-state index contributed by atoms with van der Waals surface area (Å²) >= 11 is 6.16. The van der Waals surface area contributed by atoms with E-state index < -0.39 is 23.1 Å². The van der Waals surface area contributed by atoms with Crippen molar-refractivity contribution in [1.29, 1.82) is 0 Å². The monoisotopic (exact) mass is 722 g/mol. The van der Waals surface area contributed by atoms with E-state index in [1.807, 2.05) is 6.08 Å². The van der Waals surface area contributed by atoms with Crippen LogP contribution in [0.4, 0.5) is 18.9 Å². The average molecular weight is 723 g/mol. The summed E-state index contributed by atoms with van der Waals surface area (Å²) in [4.78, 5) is 56.4. The molecule has 3 aliphatic carbocycles. The summed E-state index contributed by atoms with van der Waals surface area (Å²) in [7, 11) is 0. The number of rotatable bonds is 5. The number of aromatic hydroxyl groups is 1. The number of aromatic nitrogens is 6. The van der Waals surface area contributed by atoms with Crippen molar-refractivity contribution in [3.63, 3.8) is 0 Å². The Hall–Kier alpha value is -4.83. The molecule has 51 heavy (non-hydrogen) atoms. The first-order valence-electron chi connectivity index (χ1n) is 16.7. The molecule has 2 aliphatic heterocycles. The summed E-state index contributed by atoms with van der Waals surface area (Å²) in [6.45, 7) is 2.48. The van der Waals surface area contributed by atoms with Gasteiger partial charge in [-0.2, -0.15) is 22.7 Å². The van der Waals surface area contributed by atoms with Crippen LogP contribution in [0, 0.1) is 18.8 Å². The third-order valence-corrected chi connectivity index (χ3v) is 11.5. The van der Waals surface area contributed by atoms with E-state index in [-0.39, 0.29) is 69.7 Å². The zero-order valence-electron chi connectivity index (χ0n) is 27.1. The SMILES string of the molecule is Cc1ncnc(C(=O)N2CC[C@]3(c4c(n(CC(=O)Nc5ccc(C(F)(F)F)cc5Cl)c5nc(C6=CCOCC6)nn5c4=O)C4C[C@H]43)[C@@H]3C[C@@H]32)c1O. The van der Waals surface area contributed by atoms with Crippen LogP contribution in [0.1, 0.15) is 70.4 Å². The van der Waals surface area contributed by atoms with Crippen LogP contribution in [0.25, 0.3) is 11.4 Å². The van der Waals surface area contributed by atoms with Crippen LogP contribution in [0.5, 0.6) is 5.75 Å².